The second-order valence-electron chi connectivity index (χ2n) is 11.6. The fraction of sp³-hybridized carbons (Fsp3) is 0.885. The van der Waals surface area contributed by atoms with E-state index in [-0.39, 0.29) is 11.9 Å². The highest BCUT2D eigenvalue weighted by Crippen LogP contribution is 2.53. The lowest BCUT2D eigenvalue weighted by molar-refractivity contribution is -0.139. The minimum absolute atomic E-state index is 0.0896. The Morgan fingerprint density at radius 3 is 2.06 bits per heavy atom. The van der Waals surface area contributed by atoms with Crippen molar-refractivity contribution in [3.05, 3.63) is 0 Å². The average Bonchev–Trinajstić information content (AvgIpc) is 2.80. The lowest BCUT2D eigenvalue weighted by atomic mass is 9.54. The Kier molecular flexibility index (Phi) is 8.72. The quantitative estimate of drug-likeness (QED) is 0.292. The number of unbranched alkanes of at least 4 members (excludes halogenated alkanes) is 1. The molecule has 6 N–H and O–H groups in total. The van der Waals surface area contributed by atoms with Crippen LogP contribution in [0.3, 0.4) is 0 Å². The summed E-state index contributed by atoms with van der Waals surface area (Å²) in [5.41, 5.74) is 5.51. The second kappa shape index (κ2) is 11.7. The first kappa shape index (κ1) is 25.3. The maximum absolute atomic E-state index is 13.5. The first-order valence-electron chi connectivity index (χ1n) is 13.7. The Morgan fingerprint density at radius 1 is 0.853 bits per heavy atom. The molecule has 0 aliphatic heterocycles. The Morgan fingerprint density at radius 2 is 1.47 bits per heavy atom. The number of carbonyl (C=O) groups excluding carboxylic acids is 2. The molecule has 0 aromatic heterocycles. The van der Waals surface area contributed by atoms with Crippen molar-refractivity contribution in [1.82, 2.24) is 16.0 Å². The molecule has 0 aromatic carbocycles. The number of rotatable bonds is 11. The summed E-state index contributed by atoms with van der Waals surface area (Å²) in [6, 6.07) is -1.95. The van der Waals surface area contributed by atoms with Crippen molar-refractivity contribution in [3.63, 3.8) is 0 Å². The van der Waals surface area contributed by atoms with E-state index >= 15 is 0 Å². The zero-order valence-corrected chi connectivity index (χ0v) is 20.5. The highest BCUT2D eigenvalue weighted by molar-refractivity contribution is 5.89. The molecule has 8 heteroatoms. The third-order valence-electron chi connectivity index (χ3n) is 9.00. The van der Waals surface area contributed by atoms with Crippen LogP contribution in [0, 0.1) is 29.6 Å². The van der Waals surface area contributed by atoms with Gasteiger partial charge in [-0.1, -0.05) is 32.1 Å². The first-order chi connectivity index (χ1) is 16.4. The van der Waals surface area contributed by atoms with Crippen LogP contribution in [0.1, 0.15) is 89.9 Å². The standard InChI is InChI=1S/C26H44N4O4/c27-9-5-4-8-21(25(32)33)28-26(34)29-22(15-16-6-2-1-3-7-16)24(31)30-23-19-11-17-10-18(13-19)14-20(23)12-17/h16-23H,1-15,27H2,(H,30,31)(H,32,33)(H2,28,29,34)/t17?,18?,19?,20?,21-,22+,23?/m0/s1. The van der Waals surface area contributed by atoms with Gasteiger partial charge in [0.25, 0.3) is 0 Å². The molecule has 0 saturated heterocycles. The van der Waals surface area contributed by atoms with Crippen molar-refractivity contribution in [3.8, 4) is 0 Å². The maximum Gasteiger partial charge on any atom is 0.326 e. The summed E-state index contributed by atoms with van der Waals surface area (Å²) in [5, 5.41) is 18.3. The van der Waals surface area contributed by atoms with E-state index < -0.39 is 24.1 Å². The van der Waals surface area contributed by atoms with Gasteiger partial charge in [-0.25, -0.2) is 9.59 Å². The molecule has 192 valence electrons. The molecule has 5 saturated carbocycles. The molecule has 5 fully saturated rings. The summed E-state index contributed by atoms with van der Waals surface area (Å²) in [6.07, 6.45) is 14.3. The molecule has 0 radical (unpaired) electrons. The summed E-state index contributed by atoms with van der Waals surface area (Å²) >= 11 is 0. The van der Waals surface area contributed by atoms with Crippen LogP contribution in [0.2, 0.25) is 0 Å². The van der Waals surface area contributed by atoms with Crippen LogP contribution in [0.4, 0.5) is 4.79 Å². The Balaban J connectivity index is 1.37. The van der Waals surface area contributed by atoms with Crippen molar-refractivity contribution in [2.24, 2.45) is 35.3 Å². The molecule has 0 unspecified atom stereocenters. The zero-order chi connectivity index (χ0) is 24.1. The lowest BCUT2D eigenvalue weighted by Crippen LogP contribution is -2.60. The zero-order valence-electron chi connectivity index (χ0n) is 20.5. The topological polar surface area (TPSA) is 134 Å². The van der Waals surface area contributed by atoms with Gasteiger partial charge < -0.3 is 26.8 Å². The van der Waals surface area contributed by atoms with Gasteiger partial charge in [0.2, 0.25) is 5.91 Å². The Labute approximate surface area is 203 Å². The van der Waals surface area contributed by atoms with Gasteiger partial charge in [0.05, 0.1) is 0 Å². The highest BCUT2D eigenvalue weighted by atomic mass is 16.4. The van der Waals surface area contributed by atoms with Crippen molar-refractivity contribution in [2.45, 2.75) is 108 Å². The first-order valence-corrected chi connectivity index (χ1v) is 13.7. The van der Waals surface area contributed by atoms with Crippen molar-refractivity contribution >= 4 is 17.9 Å². The number of amides is 3. The van der Waals surface area contributed by atoms with Gasteiger partial charge in [-0.3, -0.25) is 4.79 Å². The molecular formula is C26H44N4O4. The molecule has 0 heterocycles. The van der Waals surface area contributed by atoms with Crippen LogP contribution >= 0.6 is 0 Å². The molecule has 0 spiro atoms. The molecule has 2 atom stereocenters. The minimum Gasteiger partial charge on any atom is -0.480 e. The molecule has 4 bridgehead atoms. The van der Waals surface area contributed by atoms with Gasteiger partial charge in [-0.15, -0.1) is 0 Å². The fourth-order valence-corrected chi connectivity index (χ4v) is 7.52. The van der Waals surface area contributed by atoms with E-state index in [2.05, 4.69) is 16.0 Å². The van der Waals surface area contributed by atoms with E-state index in [1.807, 2.05) is 0 Å². The summed E-state index contributed by atoms with van der Waals surface area (Å²) in [6.45, 7) is 0.493. The van der Waals surface area contributed by atoms with Gasteiger partial charge in [0.15, 0.2) is 0 Å². The van der Waals surface area contributed by atoms with Gasteiger partial charge in [-0.2, -0.15) is 0 Å². The van der Waals surface area contributed by atoms with Crippen molar-refractivity contribution in [2.75, 3.05) is 6.54 Å². The number of nitrogens with one attached hydrogen (secondary N) is 3. The smallest absolute Gasteiger partial charge is 0.326 e. The van der Waals surface area contributed by atoms with Crippen LogP contribution in [0.5, 0.6) is 0 Å². The number of aliphatic carboxylic acids is 1. The van der Waals surface area contributed by atoms with E-state index in [1.54, 1.807) is 0 Å². The Bertz CT molecular complexity index is 696. The van der Waals surface area contributed by atoms with Gasteiger partial charge in [-0.05, 0) is 93.9 Å². The van der Waals surface area contributed by atoms with Crippen LogP contribution in [0.15, 0.2) is 0 Å². The molecule has 0 aromatic rings. The normalized spacial score (nSPS) is 32.1. The number of hydrogen-bond donors (Lipinski definition) is 5. The molecule has 8 nitrogen and oxygen atoms in total. The Hall–Kier alpha value is -1.83. The average molecular weight is 477 g/mol. The maximum atomic E-state index is 13.5. The molecule has 5 aliphatic carbocycles. The van der Waals surface area contributed by atoms with Crippen LogP contribution in [-0.2, 0) is 9.59 Å². The number of nitrogens with two attached hydrogens (primary N) is 1. The summed E-state index contributed by atoms with van der Waals surface area (Å²) in [5.74, 6) is 2.09. The van der Waals surface area contributed by atoms with E-state index in [0.717, 1.165) is 24.7 Å². The SMILES string of the molecule is NCCCC[C@H](NC(=O)N[C@H](CC1CCCCC1)C(=O)NC1C2CC3CC(C2)CC1C3)C(=O)O. The predicted octanol–water partition coefficient (Wildman–Crippen LogP) is 3.15. The van der Waals surface area contributed by atoms with Gasteiger partial charge in [0.1, 0.15) is 12.1 Å². The molecule has 5 rings (SSSR count). The van der Waals surface area contributed by atoms with Gasteiger partial charge in [0, 0.05) is 6.04 Å². The second-order valence-corrected chi connectivity index (χ2v) is 11.6. The van der Waals surface area contributed by atoms with Gasteiger partial charge >= 0.3 is 12.0 Å². The third kappa shape index (κ3) is 6.43. The highest BCUT2D eigenvalue weighted by Gasteiger charge is 2.49. The molecule has 3 amide bonds. The molecule has 5 aliphatic rings. The number of carbonyl (C=O) groups is 3. The van der Waals surface area contributed by atoms with E-state index in [1.165, 1.54) is 51.4 Å². The fourth-order valence-electron chi connectivity index (χ4n) is 7.52. The minimum atomic E-state index is -1.06. The van der Waals surface area contributed by atoms with Crippen molar-refractivity contribution in [1.29, 1.82) is 0 Å². The summed E-state index contributed by atoms with van der Waals surface area (Å²) < 4.78 is 0. The largest absolute Gasteiger partial charge is 0.480 e. The predicted molar refractivity (Wildman–Crippen MR) is 130 cm³/mol. The summed E-state index contributed by atoms with van der Waals surface area (Å²) in [4.78, 5) is 37.9. The summed E-state index contributed by atoms with van der Waals surface area (Å²) in [7, 11) is 0. The molecular weight excluding hydrogens is 432 g/mol. The van der Waals surface area contributed by atoms with E-state index in [0.29, 0.717) is 50.0 Å². The van der Waals surface area contributed by atoms with E-state index in [4.69, 9.17) is 5.73 Å². The monoisotopic (exact) mass is 476 g/mol. The number of carboxylic acids is 1. The molecule has 34 heavy (non-hydrogen) atoms. The van der Waals surface area contributed by atoms with E-state index in [9.17, 15) is 19.5 Å². The van der Waals surface area contributed by atoms with Crippen LogP contribution < -0.4 is 21.7 Å². The van der Waals surface area contributed by atoms with Crippen LogP contribution in [0.25, 0.3) is 0 Å². The van der Waals surface area contributed by atoms with Crippen LogP contribution in [-0.4, -0.2) is 47.7 Å². The number of hydrogen-bond acceptors (Lipinski definition) is 4. The third-order valence-corrected chi connectivity index (χ3v) is 9.00. The number of urea groups is 1. The van der Waals surface area contributed by atoms with Crippen molar-refractivity contribution < 1.29 is 19.5 Å². The number of carboxylic acid groups (broad SMARTS) is 1. The lowest BCUT2D eigenvalue weighted by Gasteiger charge is -2.54.